The molecule has 0 unspecified atom stereocenters. The summed E-state index contributed by atoms with van der Waals surface area (Å²) in [6.45, 7) is 3.01. The number of hydrazine groups is 1. The number of nitrogens with one attached hydrogen (secondary N) is 1. The normalized spacial score (nSPS) is 10.2. The maximum absolute atomic E-state index is 12.2. The third-order valence-corrected chi connectivity index (χ3v) is 2.60. The highest BCUT2D eigenvalue weighted by Gasteiger charge is 2.14. The maximum Gasteiger partial charge on any atom is 0.255 e. The molecule has 0 atom stereocenters. The number of nitrogens with two attached hydrogens (primary N) is 1. The lowest BCUT2D eigenvalue weighted by molar-refractivity contribution is 0.0719. The van der Waals surface area contributed by atoms with E-state index in [1.54, 1.807) is 17.0 Å². The van der Waals surface area contributed by atoms with Crippen molar-refractivity contribution < 1.29 is 9.90 Å². The first-order valence-electron chi connectivity index (χ1n) is 6.05. The Balaban J connectivity index is 2.73. The van der Waals surface area contributed by atoms with E-state index in [1.165, 1.54) is 6.20 Å². The molecule has 0 saturated heterocycles. The van der Waals surface area contributed by atoms with Gasteiger partial charge in [-0.25, -0.2) is 10.8 Å². The minimum absolute atomic E-state index is 0.0364. The predicted octanol–water partition coefficient (Wildman–Crippen LogP) is 0.602. The molecule has 1 rings (SSSR count). The van der Waals surface area contributed by atoms with Gasteiger partial charge in [-0.05, 0) is 18.6 Å². The summed E-state index contributed by atoms with van der Waals surface area (Å²) in [6, 6.07) is 3.31. The van der Waals surface area contributed by atoms with Crippen molar-refractivity contribution in [2.45, 2.75) is 19.8 Å². The Morgan fingerprint density at radius 3 is 2.78 bits per heavy atom. The molecule has 100 valence electrons. The van der Waals surface area contributed by atoms with E-state index in [4.69, 9.17) is 10.9 Å². The average molecular weight is 252 g/mol. The summed E-state index contributed by atoms with van der Waals surface area (Å²) in [6.07, 6.45) is 3.40. The van der Waals surface area contributed by atoms with Gasteiger partial charge in [-0.2, -0.15) is 0 Å². The molecule has 6 heteroatoms. The molecular weight excluding hydrogens is 232 g/mol. The highest BCUT2D eigenvalue weighted by Crippen LogP contribution is 2.08. The third kappa shape index (κ3) is 3.97. The Morgan fingerprint density at radius 2 is 2.28 bits per heavy atom. The first kappa shape index (κ1) is 14.4. The molecule has 4 N–H and O–H groups in total. The quantitative estimate of drug-likeness (QED) is 0.488. The number of hydrogen-bond acceptors (Lipinski definition) is 5. The second kappa shape index (κ2) is 7.62. The van der Waals surface area contributed by atoms with Crippen molar-refractivity contribution in [1.29, 1.82) is 0 Å². The molecule has 1 aromatic rings. The van der Waals surface area contributed by atoms with Gasteiger partial charge in [0.25, 0.3) is 5.91 Å². The largest absolute Gasteiger partial charge is 0.395 e. The number of aliphatic hydroxyl groups is 1. The van der Waals surface area contributed by atoms with Gasteiger partial charge in [-0.15, -0.1) is 0 Å². The van der Waals surface area contributed by atoms with Crippen molar-refractivity contribution >= 4 is 11.7 Å². The second-order valence-electron chi connectivity index (χ2n) is 3.95. The van der Waals surface area contributed by atoms with Crippen LogP contribution in [-0.4, -0.2) is 40.6 Å². The summed E-state index contributed by atoms with van der Waals surface area (Å²) in [5.74, 6) is 5.60. The third-order valence-electron chi connectivity index (χ3n) is 2.60. The van der Waals surface area contributed by atoms with E-state index in [-0.39, 0.29) is 12.5 Å². The van der Waals surface area contributed by atoms with Gasteiger partial charge in [-0.3, -0.25) is 4.79 Å². The van der Waals surface area contributed by atoms with Crippen molar-refractivity contribution in [2.75, 3.05) is 25.1 Å². The standard InChI is InChI=1S/C12H20N4O2/c1-2-3-6-16(7-8-17)12(18)10-4-5-11(15-13)14-9-10/h4-5,9,17H,2-3,6-8,13H2,1H3,(H,14,15). The number of hydrogen-bond donors (Lipinski definition) is 3. The van der Waals surface area contributed by atoms with Crippen molar-refractivity contribution in [3.05, 3.63) is 23.9 Å². The van der Waals surface area contributed by atoms with Gasteiger partial charge in [0.1, 0.15) is 5.82 Å². The summed E-state index contributed by atoms with van der Waals surface area (Å²) >= 11 is 0. The highest BCUT2D eigenvalue weighted by atomic mass is 16.3. The van der Waals surface area contributed by atoms with Crippen LogP contribution in [0.15, 0.2) is 18.3 Å². The fourth-order valence-electron chi connectivity index (χ4n) is 1.57. The van der Waals surface area contributed by atoms with Crippen LogP contribution < -0.4 is 11.3 Å². The smallest absolute Gasteiger partial charge is 0.255 e. The van der Waals surface area contributed by atoms with Gasteiger partial charge in [0.05, 0.1) is 12.2 Å². The molecule has 0 aliphatic carbocycles. The van der Waals surface area contributed by atoms with E-state index in [0.29, 0.717) is 24.5 Å². The maximum atomic E-state index is 12.2. The molecule has 18 heavy (non-hydrogen) atoms. The zero-order chi connectivity index (χ0) is 13.4. The summed E-state index contributed by atoms with van der Waals surface area (Å²) < 4.78 is 0. The van der Waals surface area contributed by atoms with Crippen LogP contribution >= 0.6 is 0 Å². The van der Waals surface area contributed by atoms with Crippen LogP contribution in [0.4, 0.5) is 5.82 Å². The molecule has 1 aromatic heterocycles. The van der Waals surface area contributed by atoms with Crippen LogP contribution in [0.1, 0.15) is 30.1 Å². The van der Waals surface area contributed by atoms with E-state index >= 15 is 0 Å². The van der Waals surface area contributed by atoms with E-state index in [2.05, 4.69) is 17.3 Å². The molecule has 0 aliphatic heterocycles. The van der Waals surface area contributed by atoms with Crippen LogP contribution in [-0.2, 0) is 0 Å². The minimum Gasteiger partial charge on any atom is -0.395 e. The van der Waals surface area contributed by atoms with Crippen molar-refractivity contribution in [3.63, 3.8) is 0 Å². The van der Waals surface area contributed by atoms with Gasteiger partial charge >= 0.3 is 0 Å². The summed E-state index contributed by atoms with van der Waals surface area (Å²) in [5.41, 5.74) is 2.90. The zero-order valence-electron chi connectivity index (χ0n) is 10.6. The van der Waals surface area contributed by atoms with Crippen molar-refractivity contribution in [3.8, 4) is 0 Å². The monoisotopic (exact) mass is 252 g/mol. The molecule has 0 aliphatic rings. The number of nitrogens with zero attached hydrogens (tertiary/aromatic N) is 2. The van der Waals surface area contributed by atoms with Crippen LogP contribution in [0.5, 0.6) is 0 Å². The molecule has 0 fully saturated rings. The number of unbranched alkanes of at least 4 members (excludes halogenated alkanes) is 1. The lowest BCUT2D eigenvalue weighted by atomic mass is 10.2. The lowest BCUT2D eigenvalue weighted by Crippen LogP contribution is -2.34. The fraction of sp³-hybridized carbons (Fsp3) is 0.500. The Kier molecular flexibility index (Phi) is 6.10. The van der Waals surface area contributed by atoms with E-state index in [1.807, 2.05) is 0 Å². The van der Waals surface area contributed by atoms with Gasteiger partial charge in [-0.1, -0.05) is 13.3 Å². The Bertz CT molecular complexity index is 367. The first-order chi connectivity index (χ1) is 8.72. The molecule has 0 saturated carbocycles. The Labute approximate surface area is 107 Å². The number of nitrogen functional groups attached to an aromatic ring is 1. The SMILES string of the molecule is CCCCN(CCO)C(=O)c1ccc(NN)nc1. The number of aliphatic hydroxyl groups excluding tert-OH is 1. The highest BCUT2D eigenvalue weighted by molar-refractivity contribution is 5.94. The van der Waals surface area contributed by atoms with Gasteiger partial charge in [0.15, 0.2) is 0 Å². The second-order valence-corrected chi connectivity index (χ2v) is 3.95. The van der Waals surface area contributed by atoms with Crippen LogP contribution in [0.2, 0.25) is 0 Å². The molecule has 1 amide bonds. The fourth-order valence-corrected chi connectivity index (χ4v) is 1.57. The van der Waals surface area contributed by atoms with Gasteiger partial charge < -0.3 is 15.4 Å². The number of amides is 1. The van der Waals surface area contributed by atoms with E-state index in [9.17, 15) is 4.79 Å². The number of pyridine rings is 1. The van der Waals surface area contributed by atoms with Crippen molar-refractivity contribution in [1.82, 2.24) is 9.88 Å². The molecule has 0 radical (unpaired) electrons. The molecule has 0 spiro atoms. The van der Waals surface area contributed by atoms with Gasteiger partial charge in [0.2, 0.25) is 0 Å². The molecule has 0 aromatic carbocycles. The molecule has 1 heterocycles. The van der Waals surface area contributed by atoms with Crippen molar-refractivity contribution in [2.24, 2.45) is 5.84 Å². The predicted molar refractivity (Wildman–Crippen MR) is 69.9 cm³/mol. The van der Waals surface area contributed by atoms with E-state index < -0.39 is 0 Å². The Morgan fingerprint density at radius 1 is 1.50 bits per heavy atom. The molecular formula is C12H20N4O2. The lowest BCUT2D eigenvalue weighted by Gasteiger charge is -2.21. The van der Waals surface area contributed by atoms with Crippen LogP contribution in [0.25, 0.3) is 0 Å². The first-order valence-corrected chi connectivity index (χ1v) is 6.05. The zero-order valence-corrected chi connectivity index (χ0v) is 10.6. The van der Waals surface area contributed by atoms with Crippen LogP contribution in [0, 0.1) is 0 Å². The molecule has 0 bridgehead atoms. The molecule has 6 nitrogen and oxygen atoms in total. The van der Waals surface area contributed by atoms with Gasteiger partial charge in [0, 0.05) is 19.3 Å². The number of anilines is 1. The summed E-state index contributed by atoms with van der Waals surface area (Å²) in [5, 5.41) is 8.98. The minimum atomic E-state index is -0.117. The number of rotatable bonds is 7. The average Bonchev–Trinajstić information content (AvgIpc) is 2.43. The van der Waals surface area contributed by atoms with Crippen LogP contribution in [0.3, 0.4) is 0 Å². The number of carbonyl (C=O) groups is 1. The summed E-state index contributed by atoms with van der Waals surface area (Å²) in [4.78, 5) is 17.8. The summed E-state index contributed by atoms with van der Waals surface area (Å²) in [7, 11) is 0. The number of aromatic nitrogens is 1. The number of carbonyl (C=O) groups excluding carboxylic acids is 1. The Hall–Kier alpha value is -1.66. The topological polar surface area (TPSA) is 91.5 Å². The van der Waals surface area contributed by atoms with E-state index in [0.717, 1.165) is 12.8 Å².